The van der Waals surface area contributed by atoms with E-state index < -0.39 is 0 Å². The van der Waals surface area contributed by atoms with Gasteiger partial charge in [0.05, 0.1) is 5.69 Å². The fraction of sp³-hybridized carbons (Fsp3) is 0.600. The van der Waals surface area contributed by atoms with Gasteiger partial charge in [-0.15, -0.1) is 10.2 Å². The lowest BCUT2D eigenvalue weighted by molar-refractivity contribution is -0.123. The molecule has 4 heterocycles. The Hall–Kier alpha value is -3.77. The second-order valence-electron chi connectivity index (χ2n) is 14.8. The molecule has 1 spiro atoms. The summed E-state index contributed by atoms with van der Waals surface area (Å²) in [7, 11) is 3.99. The van der Waals surface area contributed by atoms with Crippen molar-refractivity contribution in [1.29, 1.82) is 0 Å². The van der Waals surface area contributed by atoms with Crippen molar-refractivity contribution >= 4 is 11.7 Å². The topological polar surface area (TPSA) is 113 Å². The molecule has 0 radical (unpaired) electrons. The Morgan fingerprint density at radius 2 is 1.94 bits per heavy atom. The number of halogens is 1. The summed E-state index contributed by atoms with van der Waals surface area (Å²) in [4.78, 5) is 32.7. The molecule has 1 amide bonds. The summed E-state index contributed by atoms with van der Waals surface area (Å²) >= 11 is 0. The number of nitrogens with one attached hydrogen (secondary N) is 1. The van der Waals surface area contributed by atoms with Gasteiger partial charge in [0.2, 0.25) is 5.91 Å². The highest BCUT2D eigenvalue weighted by atomic mass is 19.1. The van der Waals surface area contributed by atoms with Gasteiger partial charge in [0.1, 0.15) is 24.2 Å². The van der Waals surface area contributed by atoms with Crippen molar-refractivity contribution in [2.24, 2.45) is 17.3 Å². The molecule has 1 atom stereocenters. The molecule has 1 aromatic carbocycles. The van der Waals surface area contributed by atoms with Crippen LogP contribution in [-0.2, 0) is 4.79 Å². The van der Waals surface area contributed by atoms with Gasteiger partial charge >= 0.3 is 0 Å². The van der Waals surface area contributed by atoms with E-state index in [0.29, 0.717) is 59.3 Å². The van der Waals surface area contributed by atoms with Crippen LogP contribution in [0, 0.1) is 23.1 Å². The van der Waals surface area contributed by atoms with Gasteiger partial charge < -0.3 is 19.9 Å². The summed E-state index contributed by atoms with van der Waals surface area (Å²) in [5, 5.41) is 11.6. The van der Waals surface area contributed by atoms with Crippen LogP contribution in [0.15, 0.2) is 37.1 Å². The molecule has 2 saturated carbocycles. The fourth-order valence-corrected chi connectivity index (χ4v) is 8.02. The number of carbonyl (C=O) groups excluding carboxylic acids is 1. The highest BCUT2D eigenvalue weighted by molar-refractivity contribution is 5.76. The summed E-state index contributed by atoms with van der Waals surface area (Å²) in [6.07, 6.45) is 10.6. The maximum absolute atomic E-state index is 14.5. The van der Waals surface area contributed by atoms with Gasteiger partial charge in [-0.3, -0.25) is 9.69 Å². The summed E-state index contributed by atoms with van der Waals surface area (Å²) in [6, 6.07) is 5.32. The van der Waals surface area contributed by atoms with Gasteiger partial charge in [-0.25, -0.2) is 19.3 Å². The number of hydrogen-bond acceptors (Lipinski definition) is 10. The number of aromatic nitrogens is 5. The van der Waals surface area contributed by atoms with Gasteiger partial charge in [-0.1, -0.05) is 13.8 Å². The van der Waals surface area contributed by atoms with E-state index >= 15 is 0 Å². The maximum atomic E-state index is 14.5. The Balaban J connectivity index is 1.00. The van der Waals surface area contributed by atoms with Crippen molar-refractivity contribution < 1.29 is 13.9 Å². The number of nitrogens with zero attached hydrogens (tertiary/aromatic N) is 8. The molecule has 11 nitrogen and oxygen atoms in total. The van der Waals surface area contributed by atoms with E-state index in [2.05, 4.69) is 54.1 Å². The molecule has 2 saturated heterocycles. The van der Waals surface area contributed by atoms with E-state index in [0.717, 1.165) is 76.1 Å². The largest absolute Gasteiger partial charge is 0.434 e. The number of hydrogen-bond donors (Lipinski definition) is 1. The molecular weight excluding hydrogens is 597 g/mol. The molecule has 250 valence electrons. The molecular formula is C35H46FN9O2. The average Bonchev–Trinajstić information content (AvgIpc) is 3.77. The Kier molecular flexibility index (Phi) is 8.82. The van der Waals surface area contributed by atoms with E-state index in [4.69, 9.17) is 4.74 Å². The van der Waals surface area contributed by atoms with Crippen LogP contribution in [-0.4, -0.2) is 99.8 Å². The quantitative estimate of drug-likeness (QED) is 0.302. The molecule has 2 aromatic heterocycles. The monoisotopic (exact) mass is 643 g/mol. The van der Waals surface area contributed by atoms with E-state index in [1.165, 1.54) is 18.5 Å². The number of likely N-dealkylation sites (tertiary alicyclic amines) is 1. The minimum Gasteiger partial charge on any atom is -0.434 e. The van der Waals surface area contributed by atoms with Crippen LogP contribution >= 0.6 is 0 Å². The van der Waals surface area contributed by atoms with E-state index in [9.17, 15) is 9.18 Å². The number of anilines is 1. The molecule has 4 fully saturated rings. The first kappa shape index (κ1) is 31.8. The molecule has 1 unspecified atom stereocenters. The molecule has 2 aliphatic carbocycles. The SMILES string of the molecule is CC(C)C(C1CC(NC(=O)CCN(C)C)C1)N1CC2(CCN(c3ncnnc3Oc3ccc(F)cc3-c3cncnc3C3CC3)C2)C1. The summed E-state index contributed by atoms with van der Waals surface area (Å²) in [5.74, 6) is 2.77. The number of benzene rings is 1. The normalized spacial score (nSPS) is 22.7. The molecule has 4 aliphatic rings. The van der Waals surface area contributed by atoms with Gasteiger partial charge in [-0.05, 0) is 76.2 Å². The predicted molar refractivity (Wildman–Crippen MR) is 177 cm³/mol. The van der Waals surface area contributed by atoms with E-state index in [-0.39, 0.29) is 17.1 Å². The van der Waals surface area contributed by atoms with Crippen molar-refractivity contribution in [3.05, 3.63) is 48.6 Å². The average molecular weight is 644 g/mol. The number of carbonyl (C=O) groups is 1. The molecule has 47 heavy (non-hydrogen) atoms. The minimum atomic E-state index is -0.353. The summed E-state index contributed by atoms with van der Waals surface area (Å²) in [5.41, 5.74) is 2.50. The van der Waals surface area contributed by atoms with Crippen molar-refractivity contribution in [3.8, 4) is 22.8 Å². The molecule has 7 rings (SSSR count). The van der Waals surface area contributed by atoms with Crippen LogP contribution in [0.1, 0.15) is 64.0 Å². The van der Waals surface area contributed by atoms with Crippen molar-refractivity contribution in [2.75, 3.05) is 51.7 Å². The standard InChI is InChI=1S/C35H46FN9O2/c1-22(2)32(24-13-26(14-24)41-30(46)9-11-43(3)4)45-18-35(19-45)10-12-44(17-35)33-34(42-40-21-39-33)47-29-8-7-25(36)15-27(29)28-16-37-20-38-31(28)23-5-6-23/h7-8,15-16,20-24,26,32H,5-6,9-14,17-19H2,1-4H3,(H,41,46). The number of rotatable bonds is 12. The predicted octanol–water partition coefficient (Wildman–Crippen LogP) is 4.52. The zero-order valence-corrected chi connectivity index (χ0v) is 27.9. The second-order valence-corrected chi connectivity index (χ2v) is 14.8. The lowest BCUT2D eigenvalue weighted by Gasteiger charge is -2.57. The van der Waals surface area contributed by atoms with E-state index in [1.807, 2.05) is 19.0 Å². The van der Waals surface area contributed by atoms with Crippen LogP contribution in [0.4, 0.5) is 10.2 Å². The van der Waals surface area contributed by atoms with Crippen molar-refractivity contribution in [2.45, 2.75) is 70.4 Å². The highest BCUT2D eigenvalue weighted by Crippen LogP contribution is 2.48. The first-order valence-electron chi connectivity index (χ1n) is 17.1. The van der Waals surface area contributed by atoms with Crippen molar-refractivity contribution in [1.82, 2.24) is 40.3 Å². The molecule has 12 heteroatoms. The molecule has 1 N–H and O–H groups in total. The lowest BCUT2D eigenvalue weighted by Crippen LogP contribution is -2.65. The van der Waals surface area contributed by atoms with Crippen LogP contribution in [0.25, 0.3) is 11.1 Å². The minimum absolute atomic E-state index is 0.160. The Morgan fingerprint density at radius 3 is 2.68 bits per heavy atom. The van der Waals surface area contributed by atoms with Gasteiger partial charge in [0.25, 0.3) is 5.88 Å². The Bertz CT molecular complexity index is 1590. The lowest BCUT2D eigenvalue weighted by atomic mass is 9.68. The molecule has 2 aliphatic heterocycles. The second kappa shape index (κ2) is 13.0. The summed E-state index contributed by atoms with van der Waals surface area (Å²) in [6.45, 7) is 9.26. The maximum Gasteiger partial charge on any atom is 0.282 e. The third-order valence-electron chi connectivity index (χ3n) is 10.4. The highest BCUT2D eigenvalue weighted by Gasteiger charge is 2.53. The smallest absolute Gasteiger partial charge is 0.282 e. The fourth-order valence-electron chi connectivity index (χ4n) is 8.02. The third-order valence-corrected chi connectivity index (χ3v) is 10.4. The van der Waals surface area contributed by atoms with Crippen LogP contribution in [0.3, 0.4) is 0 Å². The van der Waals surface area contributed by atoms with E-state index in [1.54, 1.807) is 18.6 Å². The third kappa shape index (κ3) is 6.80. The Labute approximate surface area is 276 Å². The first-order chi connectivity index (χ1) is 22.7. The van der Waals surface area contributed by atoms with Gasteiger partial charge in [0.15, 0.2) is 5.82 Å². The first-order valence-corrected chi connectivity index (χ1v) is 17.1. The van der Waals surface area contributed by atoms with Crippen LogP contribution in [0.5, 0.6) is 11.6 Å². The number of ether oxygens (including phenoxy) is 1. The van der Waals surface area contributed by atoms with Crippen LogP contribution < -0.4 is 15.0 Å². The molecule has 3 aromatic rings. The van der Waals surface area contributed by atoms with Crippen LogP contribution in [0.2, 0.25) is 0 Å². The Morgan fingerprint density at radius 1 is 1.13 bits per heavy atom. The zero-order chi connectivity index (χ0) is 32.7. The van der Waals surface area contributed by atoms with Crippen molar-refractivity contribution in [3.63, 3.8) is 0 Å². The number of amides is 1. The molecule has 0 bridgehead atoms. The summed E-state index contributed by atoms with van der Waals surface area (Å²) < 4.78 is 20.9. The van der Waals surface area contributed by atoms with Gasteiger partial charge in [-0.2, -0.15) is 0 Å². The van der Waals surface area contributed by atoms with Gasteiger partial charge in [0, 0.05) is 79.9 Å². The zero-order valence-electron chi connectivity index (χ0n) is 27.9.